The number of hydrogen-bond acceptors (Lipinski definition) is 26. The summed E-state index contributed by atoms with van der Waals surface area (Å²) < 4.78 is 22.6. The van der Waals surface area contributed by atoms with Gasteiger partial charge in [-0.15, -0.1) is 0 Å². The van der Waals surface area contributed by atoms with Crippen molar-refractivity contribution in [3.05, 3.63) is 0 Å². The number of aliphatic hydroxyl groups is 2. The lowest BCUT2D eigenvalue weighted by Crippen LogP contribution is -2.61. The van der Waals surface area contributed by atoms with E-state index in [1.54, 1.807) is 30.7 Å². The van der Waals surface area contributed by atoms with Crippen LogP contribution >= 0.6 is 0 Å². The predicted octanol–water partition coefficient (Wildman–Crippen LogP) is 7.35. The van der Waals surface area contributed by atoms with Gasteiger partial charge in [-0.2, -0.15) is 0 Å². The molecular formula is C95H178N14O20. The molecule has 5 heterocycles. The average Bonchev–Trinajstić information content (AvgIpc) is 0.822. The summed E-state index contributed by atoms with van der Waals surface area (Å²) in [6, 6.07) is -4.34. The van der Waals surface area contributed by atoms with Gasteiger partial charge < -0.3 is 86.4 Å². The van der Waals surface area contributed by atoms with Crippen molar-refractivity contribution >= 4 is 71.3 Å². The molecule has 0 aliphatic carbocycles. The molecule has 5 fully saturated rings. The second-order valence-electron chi connectivity index (χ2n) is 38.4. The number of aliphatic carboxylic acids is 2. The monoisotopic (exact) mass is 1840 g/mol. The summed E-state index contributed by atoms with van der Waals surface area (Å²) in [7, 11) is 5.62. The van der Waals surface area contributed by atoms with Gasteiger partial charge in [-0.25, -0.2) is 0 Å². The van der Waals surface area contributed by atoms with Crippen LogP contribution in [0.15, 0.2) is 0 Å². The number of nitrogens with zero attached hydrogens (tertiary/aromatic N) is 8. The Hall–Kier alpha value is -6.76. The number of nitrogens with one attached hydrogen (secondary N) is 5. The largest absolute Gasteiger partial charge is 0.481 e. The molecule has 0 aromatic heterocycles. The molecule has 0 aromatic rings. The maximum Gasteiger partial charge on any atom is 0.323 e. The zero-order chi connectivity index (χ0) is 97.8. The third kappa shape index (κ3) is 42.1. The molecule has 5 saturated heterocycles. The van der Waals surface area contributed by atoms with Crippen LogP contribution in [0.25, 0.3) is 0 Å². The van der Waals surface area contributed by atoms with Crippen LogP contribution in [-0.4, -0.2) is 347 Å². The molecule has 34 heteroatoms. The number of amides is 6. The van der Waals surface area contributed by atoms with Crippen molar-refractivity contribution in [1.29, 1.82) is 0 Å². The van der Waals surface area contributed by atoms with Crippen LogP contribution in [0.5, 0.6) is 0 Å². The molecule has 0 saturated carbocycles. The number of rotatable bonds is 51. The second kappa shape index (κ2) is 61.9. The molecule has 748 valence electrons. The van der Waals surface area contributed by atoms with E-state index in [0.29, 0.717) is 121 Å². The van der Waals surface area contributed by atoms with E-state index in [-0.39, 0.29) is 140 Å². The van der Waals surface area contributed by atoms with E-state index in [2.05, 4.69) is 106 Å². The smallest absolute Gasteiger partial charge is 0.323 e. The molecule has 6 amide bonds. The quantitative estimate of drug-likeness (QED) is 0.0162. The van der Waals surface area contributed by atoms with Crippen LogP contribution in [0.3, 0.4) is 0 Å². The Kier molecular flexibility index (Phi) is 56.8. The minimum Gasteiger partial charge on any atom is -0.481 e. The highest BCUT2D eigenvalue weighted by Gasteiger charge is 2.43. The normalized spacial score (nSPS) is 21.7. The molecule has 11 N–H and O–H groups in total. The Morgan fingerprint density at radius 1 is 0.403 bits per heavy atom. The molecule has 0 spiro atoms. The lowest BCUT2D eigenvalue weighted by molar-refractivity contribution is -0.160. The molecule has 0 aromatic carbocycles. The standard InChI is InChI=1S/C26H48N4O8.C26H48N4O6.C26H48N4O4.C17H34N2O2/c1-7-17(5)24(26(37)38-19(8-2)12-22(32)33)27-14-18(11-16(3)4)28-25(36)20(13-23(34)35)30-10-9-29(6)15-21(30)31;1-8-18(6)24(26(35)36-20(9-2)14-23(32)33)27-15-19(13-17(4)5)28-25(34)21(10-3)30-12-11-29(7)16-22(30)31;1-8-19(6)24(26(33)34-21(9-2)10-3)29-15-18(5)14-20(16-29)27-25(32)22(11-4)30-13-12-28(7)17-23(30)31;1-6-13(5)16(17(20)21-15(7-2)8-3)19-10-12(4)9-14(18)11-19/h16-20,23-24,27,34-35H,7-15H2,1-6H3,(H,28,36)(H,32,33);17-21,24,27H,8-16H2,1-7H3,(H,28,34)(H,32,33);18-22,24H,8-17H2,1-7H3,(H,27,32);12-16H,6-11,18H2,1-5H3/t17?,18-,19?,20+,24+;18?,19-,20?,21+,24+;18?,19?,20-,22+,24+;12?,13?,14-,16+/m1111/s1. The number of piperazine rings is 3. The first-order valence-electron chi connectivity index (χ1n) is 48.9. The number of likely N-dealkylation sites (tertiary alicyclic amines) is 2. The van der Waals surface area contributed by atoms with Gasteiger partial charge in [0, 0.05) is 109 Å². The first kappa shape index (κ1) is 118. The maximum atomic E-state index is 13.3. The Balaban J connectivity index is 0.000000593. The van der Waals surface area contributed by atoms with Crippen molar-refractivity contribution in [3.8, 4) is 0 Å². The van der Waals surface area contributed by atoms with Crippen LogP contribution in [0.4, 0.5) is 0 Å². The van der Waals surface area contributed by atoms with Gasteiger partial charge in [0.1, 0.15) is 66.7 Å². The summed E-state index contributed by atoms with van der Waals surface area (Å²) in [6.45, 7) is 52.4. The van der Waals surface area contributed by atoms with E-state index < -0.39 is 84.5 Å². The zero-order valence-electron chi connectivity index (χ0n) is 83.9. The molecule has 5 rings (SSSR count). The van der Waals surface area contributed by atoms with Crippen molar-refractivity contribution in [2.45, 2.75) is 371 Å². The van der Waals surface area contributed by atoms with Gasteiger partial charge in [0.05, 0.1) is 32.5 Å². The summed E-state index contributed by atoms with van der Waals surface area (Å²) >= 11 is 0. The number of carboxylic acids is 2. The van der Waals surface area contributed by atoms with Crippen LogP contribution in [0, 0.1) is 47.3 Å². The van der Waals surface area contributed by atoms with E-state index in [1.807, 2.05) is 98.0 Å². The van der Waals surface area contributed by atoms with Crippen LogP contribution in [0.2, 0.25) is 0 Å². The predicted molar refractivity (Wildman–Crippen MR) is 501 cm³/mol. The van der Waals surface area contributed by atoms with Crippen molar-refractivity contribution in [3.63, 3.8) is 0 Å². The van der Waals surface area contributed by atoms with Crippen LogP contribution in [-0.2, 0) is 76.5 Å². The first-order valence-corrected chi connectivity index (χ1v) is 48.9. The first-order chi connectivity index (χ1) is 60.8. The Bertz CT molecular complexity index is 3330. The van der Waals surface area contributed by atoms with Gasteiger partial charge in [0.15, 0.2) is 6.29 Å². The molecule has 0 radical (unpaired) electrons. The molecule has 0 bridgehead atoms. The highest BCUT2D eigenvalue weighted by atomic mass is 16.6. The minimum atomic E-state index is -1.76. The van der Waals surface area contributed by atoms with Crippen molar-refractivity contribution in [2.24, 2.45) is 53.1 Å². The molecule has 5 aliphatic rings. The summed E-state index contributed by atoms with van der Waals surface area (Å²) in [5.74, 6) is -2.61. The van der Waals surface area contributed by atoms with E-state index in [1.165, 1.54) is 4.90 Å². The van der Waals surface area contributed by atoms with E-state index >= 15 is 0 Å². The molecule has 129 heavy (non-hydrogen) atoms. The summed E-state index contributed by atoms with van der Waals surface area (Å²) in [4.78, 5) is 167. The number of likely N-dealkylation sites (N-methyl/N-ethyl adjacent to an activating group) is 3. The summed E-state index contributed by atoms with van der Waals surface area (Å²) in [6.07, 6.45) is 7.73. The molecule has 8 unspecified atom stereocenters. The van der Waals surface area contributed by atoms with Gasteiger partial charge >= 0.3 is 35.8 Å². The molecular weight excluding hydrogens is 1660 g/mol. The number of nitrogens with two attached hydrogens (primary N) is 1. The van der Waals surface area contributed by atoms with Crippen LogP contribution in [0.1, 0.15) is 274 Å². The number of piperidine rings is 2. The summed E-state index contributed by atoms with van der Waals surface area (Å²) in [5, 5.41) is 53.2. The fourth-order valence-electron chi connectivity index (χ4n) is 17.6. The molecule has 19 atom stereocenters. The van der Waals surface area contributed by atoms with Gasteiger partial charge in [0.25, 0.3) is 0 Å². The average molecular weight is 1840 g/mol. The number of carbonyl (C=O) groups excluding carboxylic acids is 10. The Labute approximate surface area is 774 Å². The Morgan fingerprint density at radius 3 is 1.04 bits per heavy atom. The van der Waals surface area contributed by atoms with Gasteiger partial charge in [0.2, 0.25) is 35.4 Å². The van der Waals surface area contributed by atoms with Crippen molar-refractivity contribution < 1.29 is 96.9 Å². The number of hydrogen-bond donors (Lipinski definition) is 10. The zero-order valence-corrected chi connectivity index (χ0v) is 83.9. The topological polar surface area (TPSA) is 435 Å². The third-order valence-electron chi connectivity index (χ3n) is 26.0. The molecule has 34 nitrogen and oxygen atoms in total. The van der Waals surface area contributed by atoms with Crippen LogP contribution < -0.4 is 32.3 Å². The second-order valence-corrected chi connectivity index (χ2v) is 38.4. The third-order valence-corrected chi connectivity index (χ3v) is 26.0. The number of carbonyl (C=O) groups is 12. The Morgan fingerprint density at radius 2 is 0.729 bits per heavy atom. The highest BCUT2D eigenvalue weighted by Crippen LogP contribution is 2.29. The number of ether oxygens (including phenoxy) is 4. The van der Waals surface area contributed by atoms with E-state index in [4.69, 9.17) is 34.9 Å². The molecule has 5 aliphatic heterocycles. The summed E-state index contributed by atoms with van der Waals surface area (Å²) in [5.41, 5.74) is 6.15. The van der Waals surface area contributed by atoms with Gasteiger partial charge in [-0.3, -0.25) is 82.0 Å². The fraction of sp³-hybridized carbons (Fsp3) is 0.874. The van der Waals surface area contributed by atoms with Gasteiger partial charge in [-0.05, 0) is 146 Å². The lowest BCUT2D eigenvalue weighted by Gasteiger charge is -2.43. The van der Waals surface area contributed by atoms with Crippen molar-refractivity contribution in [1.82, 2.24) is 65.8 Å². The maximum absolute atomic E-state index is 13.3. The van der Waals surface area contributed by atoms with Gasteiger partial charge in [-0.1, -0.05) is 178 Å². The highest BCUT2D eigenvalue weighted by molar-refractivity contribution is 5.91. The number of esters is 4. The van der Waals surface area contributed by atoms with Crippen molar-refractivity contribution in [2.75, 3.05) is 119 Å². The number of aliphatic hydroxyl groups excluding tert-OH is 1. The minimum absolute atomic E-state index is 0.00960. The SMILES string of the molecule is CCC(CC(=O)O)OC(=O)[C@@H](NC[C@@H](CC(C)C)NC(=O)[C@H](CC(O)O)N1CCN(C)CC1=O)C(C)CC.CCC(CC(=O)O)OC(=O)[C@@H](NC[C@@H](CC(C)C)NC(=O)[C@H](CC)N1CCN(C)CC1=O)C(C)CC.CCC(CC)OC(=O)[C@H](C(C)CC)N1CC(C)C[C@@H](N)C1.CCC(CC)OC(=O)[C@H](C(C)CC)N1CC(C)C[C@@H](NC(=O)[C@H](CC)N2CCN(C)CC2=O)C1. The number of carboxylic acid groups (broad SMARTS) is 2. The van der Waals surface area contributed by atoms with E-state index in [9.17, 15) is 67.7 Å². The fourth-order valence-corrected chi connectivity index (χ4v) is 17.6. The van der Waals surface area contributed by atoms with E-state index in [0.717, 1.165) is 90.5 Å². The lowest BCUT2D eigenvalue weighted by atomic mass is 9.90.